The average Bonchev–Trinajstić information content (AvgIpc) is 3.50. The van der Waals surface area contributed by atoms with E-state index in [9.17, 15) is 9.59 Å². The smallest absolute Gasteiger partial charge is 0.270 e. The van der Waals surface area contributed by atoms with Crippen molar-refractivity contribution in [1.29, 1.82) is 0 Å². The molecule has 2 heterocycles. The van der Waals surface area contributed by atoms with Crippen LogP contribution in [-0.4, -0.2) is 49.8 Å². The van der Waals surface area contributed by atoms with Crippen LogP contribution in [-0.2, 0) is 11.3 Å². The lowest BCUT2D eigenvalue weighted by Gasteiger charge is -2.32. The molecule has 1 fully saturated rings. The van der Waals surface area contributed by atoms with Crippen LogP contribution in [0.5, 0.6) is 0 Å². The van der Waals surface area contributed by atoms with Crippen molar-refractivity contribution in [3.63, 3.8) is 0 Å². The van der Waals surface area contributed by atoms with E-state index in [2.05, 4.69) is 39.1 Å². The number of amides is 2. The molecule has 198 valence electrons. The number of hydrogen-bond acceptors (Lipinski definition) is 5. The second-order valence-corrected chi connectivity index (χ2v) is 11.1. The molecule has 37 heavy (non-hydrogen) atoms. The number of hydrogen-bond donors (Lipinski definition) is 3. The fraction of sp³-hybridized carbons (Fsp3) is 0.500. The maximum absolute atomic E-state index is 13.6. The zero-order valence-electron chi connectivity index (χ0n) is 22.2. The maximum Gasteiger partial charge on any atom is 0.270 e. The van der Waals surface area contributed by atoms with Crippen LogP contribution in [0, 0.1) is 25.7 Å². The van der Waals surface area contributed by atoms with Crippen LogP contribution in [0.2, 0.25) is 0 Å². The Morgan fingerprint density at radius 2 is 1.86 bits per heavy atom. The van der Waals surface area contributed by atoms with Gasteiger partial charge in [-0.1, -0.05) is 31.9 Å². The number of aromatic amines is 1. The number of thioether (sulfide) groups is 1. The van der Waals surface area contributed by atoms with Crippen LogP contribution in [0.1, 0.15) is 60.9 Å². The lowest BCUT2D eigenvalue weighted by atomic mass is 9.79. The fourth-order valence-electron chi connectivity index (χ4n) is 5.21. The highest BCUT2D eigenvalue weighted by atomic mass is 32.2. The number of H-pyrrole nitrogens is 1. The number of carbonyl (C=O) groups is 2. The van der Waals surface area contributed by atoms with Gasteiger partial charge in [0.25, 0.3) is 5.91 Å². The van der Waals surface area contributed by atoms with Crippen molar-refractivity contribution in [2.45, 2.75) is 65.5 Å². The summed E-state index contributed by atoms with van der Waals surface area (Å²) in [5.41, 5.74) is 5.28. The van der Waals surface area contributed by atoms with Gasteiger partial charge in [0.1, 0.15) is 11.7 Å². The van der Waals surface area contributed by atoms with Crippen molar-refractivity contribution in [3.8, 4) is 11.1 Å². The largest absolute Gasteiger partial charge is 0.339 e. The minimum atomic E-state index is -0.604. The standard InChI is InChI=1S/C28H38N6O2S/c1-18-6-8-22(9-7-18)26(31-27(35)24-14-15-29-34(24)16-5-17-37-4)28(36)30-23-12-10-21(11-13-23)25-19(2)32-33-20(25)3/h10-15,18,22,26H,5-9,16-17H2,1-4H3,(H,30,36)(H,31,35)(H,32,33)/t18?,22?,26-/m0/s1. The molecule has 8 nitrogen and oxygen atoms in total. The first-order valence-electron chi connectivity index (χ1n) is 13.1. The molecule has 0 radical (unpaired) electrons. The van der Waals surface area contributed by atoms with Gasteiger partial charge in [0.2, 0.25) is 5.91 Å². The van der Waals surface area contributed by atoms with Crippen molar-refractivity contribution in [2.75, 3.05) is 17.3 Å². The van der Waals surface area contributed by atoms with Crippen LogP contribution in [0.25, 0.3) is 11.1 Å². The predicted octanol–water partition coefficient (Wildman–Crippen LogP) is 5.21. The molecule has 0 bridgehead atoms. The SMILES string of the molecule is CSCCCn1nccc1C(=O)N[C@H](C(=O)Nc1ccc(-c2c(C)n[nH]c2C)cc1)C1CCC(C)CC1. The zero-order valence-corrected chi connectivity index (χ0v) is 23.0. The molecular weight excluding hydrogens is 484 g/mol. The number of nitrogens with one attached hydrogen (secondary N) is 3. The third kappa shape index (κ3) is 6.63. The third-order valence-electron chi connectivity index (χ3n) is 7.34. The second-order valence-electron chi connectivity index (χ2n) is 10.1. The molecule has 2 amide bonds. The lowest BCUT2D eigenvalue weighted by Crippen LogP contribution is -2.49. The van der Waals surface area contributed by atoms with E-state index >= 15 is 0 Å². The molecule has 2 aromatic heterocycles. The molecule has 1 aliphatic rings. The molecule has 0 aliphatic heterocycles. The van der Waals surface area contributed by atoms with Gasteiger partial charge in [-0.05, 0) is 80.7 Å². The second kappa shape index (κ2) is 12.4. The van der Waals surface area contributed by atoms with Crippen molar-refractivity contribution in [3.05, 3.63) is 53.6 Å². The molecule has 9 heteroatoms. The summed E-state index contributed by atoms with van der Waals surface area (Å²) in [5.74, 6) is 1.33. The van der Waals surface area contributed by atoms with Gasteiger partial charge in [-0.25, -0.2) is 0 Å². The monoisotopic (exact) mass is 522 g/mol. The Hall–Kier alpha value is -3.07. The Morgan fingerprint density at radius 1 is 1.14 bits per heavy atom. The Kier molecular flexibility index (Phi) is 9.08. The van der Waals surface area contributed by atoms with E-state index in [1.54, 1.807) is 28.7 Å². The van der Waals surface area contributed by atoms with Crippen molar-refractivity contribution in [1.82, 2.24) is 25.3 Å². The van der Waals surface area contributed by atoms with E-state index in [0.717, 1.165) is 60.4 Å². The summed E-state index contributed by atoms with van der Waals surface area (Å²) in [4.78, 5) is 26.9. The number of benzene rings is 1. The molecule has 0 spiro atoms. The Labute approximate surface area is 223 Å². The number of nitrogens with zero attached hydrogens (tertiary/aromatic N) is 3. The number of aromatic nitrogens is 4. The Morgan fingerprint density at radius 3 is 2.51 bits per heavy atom. The summed E-state index contributed by atoms with van der Waals surface area (Å²) in [7, 11) is 0. The van der Waals surface area contributed by atoms with E-state index in [-0.39, 0.29) is 17.7 Å². The zero-order chi connectivity index (χ0) is 26.4. The number of rotatable bonds is 10. The predicted molar refractivity (Wildman–Crippen MR) is 150 cm³/mol. The number of aryl methyl sites for hydroxylation is 3. The molecular formula is C28H38N6O2S. The molecule has 3 N–H and O–H groups in total. The average molecular weight is 523 g/mol. The molecule has 0 saturated heterocycles. The van der Waals surface area contributed by atoms with Gasteiger partial charge in [-0.3, -0.25) is 19.4 Å². The summed E-state index contributed by atoms with van der Waals surface area (Å²) in [6.45, 7) is 6.90. The van der Waals surface area contributed by atoms with Crippen LogP contribution in [0.4, 0.5) is 5.69 Å². The van der Waals surface area contributed by atoms with Gasteiger partial charge in [-0.15, -0.1) is 0 Å². The van der Waals surface area contributed by atoms with Crippen LogP contribution >= 0.6 is 11.8 Å². The maximum atomic E-state index is 13.6. The Bertz CT molecular complexity index is 1170. The van der Waals surface area contributed by atoms with Crippen LogP contribution in [0.15, 0.2) is 36.5 Å². The molecule has 1 aromatic carbocycles. The molecule has 0 unspecified atom stereocenters. The number of anilines is 1. The quantitative estimate of drug-likeness (QED) is 0.317. The third-order valence-corrected chi connectivity index (χ3v) is 8.03. The van der Waals surface area contributed by atoms with Gasteiger partial charge in [-0.2, -0.15) is 22.0 Å². The van der Waals surface area contributed by atoms with Crippen molar-refractivity contribution in [2.24, 2.45) is 11.8 Å². The fourth-order valence-corrected chi connectivity index (χ4v) is 5.63. The van der Waals surface area contributed by atoms with Gasteiger partial charge in [0.05, 0.1) is 5.69 Å². The highest BCUT2D eigenvalue weighted by molar-refractivity contribution is 7.98. The van der Waals surface area contributed by atoms with E-state index in [0.29, 0.717) is 23.8 Å². The molecule has 1 aliphatic carbocycles. The van der Waals surface area contributed by atoms with Gasteiger partial charge in [0.15, 0.2) is 0 Å². The molecule has 1 atom stereocenters. The van der Waals surface area contributed by atoms with Gasteiger partial charge in [0, 0.05) is 29.7 Å². The van der Waals surface area contributed by atoms with Crippen molar-refractivity contribution >= 4 is 29.3 Å². The van der Waals surface area contributed by atoms with Gasteiger partial charge < -0.3 is 10.6 Å². The Balaban J connectivity index is 1.49. The van der Waals surface area contributed by atoms with Crippen molar-refractivity contribution < 1.29 is 9.59 Å². The van der Waals surface area contributed by atoms with Gasteiger partial charge >= 0.3 is 0 Å². The minimum Gasteiger partial charge on any atom is -0.339 e. The highest BCUT2D eigenvalue weighted by Gasteiger charge is 2.33. The lowest BCUT2D eigenvalue weighted by molar-refractivity contribution is -0.119. The summed E-state index contributed by atoms with van der Waals surface area (Å²) in [5, 5.41) is 17.8. The van der Waals surface area contributed by atoms with E-state index in [1.807, 2.05) is 38.1 Å². The molecule has 4 rings (SSSR count). The normalized spacial score (nSPS) is 18.4. The highest BCUT2D eigenvalue weighted by Crippen LogP contribution is 2.31. The summed E-state index contributed by atoms with van der Waals surface area (Å²) in [6, 6.07) is 8.91. The first-order chi connectivity index (χ1) is 17.9. The summed E-state index contributed by atoms with van der Waals surface area (Å²) in [6.07, 6.45) is 8.62. The molecule has 3 aromatic rings. The summed E-state index contributed by atoms with van der Waals surface area (Å²) < 4.78 is 1.74. The molecule has 1 saturated carbocycles. The van der Waals surface area contributed by atoms with Crippen LogP contribution < -0.4 is 10.6 Å². The van der Waals surface area contributed by atoms with E-state index in [1.165, 1.54) is 0 Å². The minimum absolute atomic E-state index is 0.100. The van der Waals surface area contributed by atoms with Crippen LogP contribution in [0.3, 0.4) is 0 Å². The topological polar surface area (TPSA) is 105 Å². The summed E-state index contributed by atoms with van der Waals surface area (Å²) >= 11 is 1.77. The first-order valence-corrected chi connectivity index (χ1v) is 14.5. The van der Waals surface area contributed by atoms with E-state index < -0.39 is 6.04 Å². The first kappa shape index (κ1) is 27.0. The van der Waals surface area contributed by atoms with E-state index in [4.69, 9.17) is 0 Å². The number of carbonyl (C=O) groups excluding carboxylic acids is 2.